The lowest BCUT2D eigenvalue weighted by atomic mass is 9.96. The van der Waals surface area contributed by atoms with Gasteiger partial charge in [-0.25, -0.2) is 4.68 Å². The number of carbonyl (C=O) groups is 1. The largest absolute Gasteiger partial charge is 0.334 e. The number of nitrogens with one attached hydrogen (secondary N) is 1. The Hall–Kier alpha value is -2.96. The van der Waals surface area contributed by atoms with Crippen LogP contribution in [0.25, 0.3) is 11.5 Å². The average molecular weight is 351 g/mol. The second-order valence-corrected chi connectivity index (χ2v) is 6.63. The van der Waals surface area contributed by atoms with Crippen molar-refractivity contribution in [2.45, 2.75) is 45.1 Å². The highest BCUT2D eigenvalue weighted by Crippen LogP contribution is 2.30. The van der Waals surface area contributed by atoms with Crippen LogP contribution in [0.15, 0.2) is 41.1 Å². The summed E-state index contributed by atoms with van der Waals surface area (Å²) in [6.07, 6.45) is 7.69. The Kier molecular flexibility index (Phi) is 4.51. The molecule has 26 heavy (non-hydrogen) atoms. The molecule has 1 fully saturated rings. The highest BCUT2D eigenvalue weighted by atomic mass is 16.5. The fourth-order valence-electron chi connectivity index (χ4n) is 3.40. The van der Waals surface area contributed by atoms with Crippen LogP contribution < -0.4 is 5.32 Å². The molecule has 2 heterocycles. The molecule has 0 aliphatic heterocycles. The van der Waals surface area contributed by atoms with E-state index in [4.69, 9.17) is 4.52 Å². The normalized spacial score (nSPS) is 15.1. The van der Waals surface area contributed by atoms with Gasteiger partial charge in [0.15, 0.2) is 5.82 Å². The Morgan fingerprint density at radius 2 is 1.92 bits per heavy atom. The molecule has 1 aromatic carbocycles. The fraction of sp³-hybridized carbons (Fsp3) is 0.368. The summed E-state index contributed by atoms with van der Waals surface area (Å²) in [6, 6.07) is 9.34. The molecule has 7 heteroatoms. The molecule has 1 N–H and O–H groups in total. The van der Waals surface area contributed by atoms with E-state index in [2.05, 4.69) is 20.6 Å². The number of amides is 1. The first kappa shape index (κ1) is 16.5. The van der Waals surface area contributed by atoms with Crippen LogP contribution in [0.4, 0.5) is 5.82 Å². The lowest BCUT2D eigenvalue weighted by Gasteiger charge is -2.23. The van der Waals surface area contributed by atoms with E-state index in [9.17, 15) is 4.79 Å². The zero-order chi connectivity index (χ0) is 17.9. The maximum absolute atomic E-state index is 12.6. The van der Waals surface area contributed by atoms with Crippen LogP contribution in [0.2, 0.25) is 0 Å². The summed E-state index contributed by atoms with van der Waals surface area (Å²) in [7, 11) is 0. The molecule has 134 valence electrons. The summed E-state index contributed by atoms with van der Waals surface area (Å²) < 4.78 is 7.10. The zero-order valence-electron chi connectivity index (χ0n) is 14.7. The van der Waals surface area contributed by atoms with Gasteiger partial charge in [0.1, 0.15) is 5.82 Å². The summed E-state index contributed by atoms with van der Waals surface area (Å²) in [5, 5.41) is 11.2. The van der Waals surface area contributed by atoms with Gasteiger partial charge in [-0.3, -0.25) is 4.79 Å². The average Bonchev–Trinajstić information content (AvgIpc) is 3.31. The maximum atomic E-state index is 12.6. The SMILES string of the molecule is Cc1noc(-c2ccc(C(=O)Nc3ccnn3C3CCCCC3)cc2)n1. The molecule has 1 amide bonds. The number of carbonyl (C=O) groups excluding carboxylic acids is 1. The number of aryl methyl sites for hydroxylation is 1. The van der Waals surface area contributed by atoms with E-state index in [0.29, 0.717) is 23.3 Å². The van der Waals surface area contributed by atoms with E-state index in [1.807, 2.05) is 10.7 Å². The molecule has 1 aliphatic rings. The third kappa shape index (κ3) is 3.37. The van der Waals surface area contributed by atoms with Crippen LogP contribution in [0.1, 0.15) is 54.3 Å². The predicted octanol–water partition coefficient (Wildman–Crippen LogP) is 4.00. The van der Waals surface area contributed by atoms with E-state index < -0.39 is 0 Å². The standard InChI is InChI=1S/C19H21N5O2/c1-13-21-19(26-23-13)15-9-7-14(8-10-15)18(25)22-17-11-12-20-24(17)16-5-3-2-4-6-16/h7-12,16H,2-6H2,1H3,(H,22,25). The van der Waals surface area contributed by atoms with E-state index in [-0.39, 0.29) is 5.91 Å². The second-order valence-electron chi connectivity index (χ2n) is 6.63. The molecule has 0 bridgehead atoms. The van der Waals surface area contributed by atoms with Crippen molar-refractivity contribution >= 4 is 11.7 Å². The summed E-state index contributed by atoms with van der Waals surface area (Å²) in [4.78, 5) is 16.8. The molecule has 0 spiro atoms. The lowest BCUT2D eigenvalue weighted by molar-refractivity contribution is 0.102. The summed E-state index contributed by atoms with van der Waals surface area (Å²) >= 11 is 0. The first-order valence-electron chi connectivity index (χ1n) is 8.96. The molecular weight excluding hydrogens is 330 g/mol. The third-order valence-corrected chi connectivity index (χ3v) is 4.75. The van der Waals surface area contributed by atoms with Gasteiger partial charge in [-0.15, -0.1) is 0 Å². The van der Waals surface area contributed by atoms with Gasteiger partial charge in [-0.05, 0) is 44.0 Å². The highest BCUT2D eigenvalue weighted by molar-refractivity contribution is 6.04. The number of nitrogens with zero attached hydrogens (tertiary/aromatic N) is 4. The van der Waals surface area contributed by atoms with Crippen LogP contribution in [-0.2, 0) is 0 Å². The number of anilines is 1. The summed E-state index contributed by atoms with van der Waals surface area (Å²) in [5.74, 6) is 1.62. The molecule has 1 aliphatic carbocycles. The Morgan fingerprint density at radius 3 is 2.62 bits per heavy atom. The van der Waals surface area contributed by atoms with E-state index in [0.717, 1.165) is 24.2 Å². The Bertz CT molecular complexity index is 891. The molecule has 0 saturated heterocycles. The minimum atomic E-state index is -0.157. The van der Waals surface area contributed by atoms with Crippen molar-refractivity contribution in [2.75, 3.05) is 5.32 Å². The number of rotatable bonds is 4. The van der Waals surface area contributed by atoms with Gasteiger partial charge in [-0.1, -0.05) is 24.4 Å². The predicted molar refractivity (Wildman–Crippen MR) is 96.8 cm³/mol. The number of aromatic nitrogens is 4. The van der Waals surface area contributed by atoms with E-state index >= 15 is 0 Å². The van der Waals surface area contributed by atoms with Crippen molar-refractivity contribution < 1.29 is 9.32 Å². The van der Waals surface area contributed by atoms with Gasteiger partial charge in [0, 0.05) is 17.2 Å². The van der Waals surface area contributed by atoms with Gasteiger partial charge in [0.2, 0.25) is 0 Å². The molecule has 0 unspecified atom stereocenters. The van der Waals surface area contributed by atoms with Crippen LogP contribution in [-0.4, -0.2) is 25.8 Å². The number of hydrogen-bond acceptors (Lipinski definition) is 5. The van der Waals surface area contributed by atoms with Crippen molar-refractivity contribution in [1.29, 1.82) is 0 Å². The monoisotopic (exact) mass is 351 g/mol. The molecule has 2 aromatic heterocycles. The Balaban J connectivity index is 1.48. The summed E-state index contributed by atoms with van der Waals surface area (Å²) in [5.41, 5.74) is 1.36. The Labute approximate surface area is 151 Å². The zero-order valence-corrected chi connectivity index (χ0v) is 14.7. The van der Waals surface area contributed by atoms with Gasteiger partial charge < -0.3 is 9.84 Å². The van der Waals surface area contributed by atoms with Crippen LogP contribution in [0.3, 0.4) is 0 Å². The van der Waals surface area contributed by atoms with Crippen LogP contribution in [0.5, 0.6) is 0 Å². The Morgan fingerprint density at radius 1 is 1.15 bits per heavy atom. The minimum absolute atomic E-state index is 0.157. The van der Waals surface area contributed by atoms with Gasteiger partial charge in [-0.2, -0.15) is 10.1 Å². The quantitative estimate of drug-likeness (QED) is 0.768. The van der Waals surface area contributed by atoms with Crippen LogP contribution >= 0.6 is 0 Å². The molecular formula is C19H21N5O2. The van der Waals surface area contributed by atoms with E-state index in [1.54, 1.807) is 37.4 Å². The lowest BCUT2D eigenvalue weighted by Crippen LogP contribution is -2.20. The topological polar surface area (TPSA) is 85.8 Å². The van der Waals surface area contributed by atoms with Gasteiger partial charge >= 0.3 is 0 Å². The van der Waals surface area contributed by atoms with E-state index in [1.165, 1.54) is 19.3 Å². The molecule has 3 aromatic rings. The summed E-state index contributed by atoms with van der Waals surface area (Å²) in [6.45, 7) is 1.77. The van der Waals surface area contributed by atoms with Crippen molar-refractivity contribution in [2.24, 2.45) is 0 Å². The first-order chi connectivity index (χ1) is 12.7. The first-order valence-corrected chi connectivity index (χ1v) is 8.96. The molecule has 0 radical (unpaired) electrons. The van der Waals surface area contributed by atoms with Crippen molar-refractivity contribution in [1.82, 2.24) is 19.9 Å². The molecule has 4 rings (SSSR count). The smallest absolute Gasteiger partial charge is 0.257 e. The third-order valence-electron chi connectivity index (χ3n) is 4.75. The minimum Gasteiger partial charge on any atom is -0.334 e. The van der Waals surface area contributed by atoms with Crippen molar-refractivity contribution in [3.63, 3.8) is 0 Å². The van der Waals surface area contributed by atoms with Crippen LogP contribution in [0, 0.1) is 6.92 Å². The van der Waals surface area contributed by atoms with Gasteiger partial charge in [0.05, 0.1) is 12.2 Å². The molecule has 0 atom stereocenters. The van der Waals surface area contributed by atoms with Gasteiger partial charge in [0.25, 0.3) is 11.8 Å². The molecule has 1 saturated carbocycles. The van der Waals surface area contributed by atoms with Crippen molar-refractivity contribution in [3.8, 4) is 11.5 Å². The maximum Gasteiger partial charge on any atom is 0.257 e. The number of benzene rings is 1. The molecule has 7 nitrogen and oxygen atoms in total. The highest BCUT2D eigenvalue weighted by Gasteiger charge is 2.19. The number of hydrogen-bond donors (Lipinski definition) is 1. The van der Waals surface area contributed by atoms with Crippen molar-refractivity contribution in [3.05, 3.63) is 47.9 Å². The second kappa shape index (κ2) is 7.11. The fourth-order valence-corrected chi connectivity index (χ4v) is 3.40.